The Morgan fingerprint density at radius 1 is 1.15 bits per heavy atom. The van der Waals surface area contributed by atoms with E-state index in [-0.39, 0.29) is 36.7 Å². The maximum atomic E-state index is 13.6. The van der Waals surface area contributed by atoms with Crippen LogP contribution in [0.3, 0.4) is 0 Å². The van der Waals surface area contributed by atoms with Gasteiger partial charge in [0, 0.05) is 31.4 Å². The molecule has 2 heterocycles. The van der Waals surface area contributed by atoms with Crippen LogP contribution in [0.5, 0.6) is 5.75 Å². The third kappa shape index (κ3) is 4.47. The van der Waals surface area contributed by atoms with E-state index in [2.05, 4.69) is 5.32 Å². The molecule has 0 bridgehead atoms. The van der Waals surface area contributed by atoms with Crippen molar-refractivity contribution in [3.63, 3.8) is 0 Å². The molecule has 2 aliphatic heterocycles. The lowest BCUT2D eigenvalue weighted by Crippen LogP contribution is -2.48. The molecule has 1 saturated heterocycles. The largest absolute Gasteiger partial charge is 0.492 e. The molecule has 1 N–H and O–H groups in total. The Bertz CT molecular complexity index is 1020. The van der Waals surface area contributed by atoms with Crippen LogP contribution in [0.4, 0.5) is 10.1 Å². The molecule has 7 heteroatoms. The van der Waals surface area contributed by atoms with Crippen molar-refractivity contribution in [2.75, 3.05) is 37.8 Å². The summed E-state index contributed by atoms with van der Waals surface area (Å²) < 4.78 is 24.5. The highest BCUT2D eigenvalue weighted by Crippen LogP contribution is 2.65. The summed E-state index contributed by atoms with van der Waals surface area (Å²) in [4.78, 5) is 27.9. The first-order valence-corrected chi connectivity index (χ1v) is 11.7. The summed E-state index contributed by atoms with van der Waals surface area (Å²) in [6.07, 6.45) is 3.68. The van der Waals surface area contributed by atoms with Crippen molar-refractivity contribution in [3.8, 4) is 5.75 Å². The number of nitrogens with zero attached hydrogens (tertiary/aromatic N) is 1. The van der Waals surface area contributed by atoms with Gasteiger partial charge in [0.1, 0.15) is 24.7 Å². The van der Waals surface area contributed by atoms with Gasteiger partial charge in [-0.3, -0.25) is 9.59 Å². The Kier molecular flexibility index (Phi) is 6.06. The summed E-state index contributed by atoms with van der Waals surface area (Å²) in [6.45, 7) is 2.39. The Labute approximate surface area is 193 Å². The Balaban J connectivity index is 1.25. The number of ether oxygens (including phenoxy) is 2. The second-order valence-corrected chi connectivity index (χ2v) is 9.30. The molecule has 1 saturated carbocycles. The van der Waals surface area contributed by atoms with Gasteiger partial charge in [0.05, 0.1) is 5.41 Å². The number of carbonyl (C=O) groups excluding carboxylic acids is 2. The molecule has 33 heavy (non-hydrogen) atoms. The predicted octanol–water partition coefficient (Wildman–Crippen LogP) is 3.66. The highest BCUT2D eigenvalue weighted by Gasteiger charge is 2.66. The van der Waals surface area contributed by atoms with Crippen LogP contribution < -0.4 is 15.0 Å². The summed E-state index contributed by atoms with van der Waals surface area (Å²) in [6, 6.07) is 13.6. The van der Waals surface area contributed by atoms with Crippen molar-refractivity contribution in [1.82, 2.24) is 5.32 Å². The van der Waals surface area contributed by atoms with Gasteiger partial charge < -0.3 is 19.7 Å². The minimum atomic E-state index is -0.675. The van der Waals surface area contributed by atoms with Gasteiger partial charge in [-0.15, -0.1) is 0 Å². The molecular formula is C26H29FN2O4. The quantitative estimate of drug-likeness (QED) is 0.664. The zero-order valence-electron chi connectivity index (χ0n) is 18.6. The molecule has 0 unspecified atom stereocenters. The van der Waals surface area contributed by atoms with Gasteiger partial charge in [0.2, 0.25) is 11.8 Å². The maximum absolute atomic E-state index is 13.6. The van der Waals surface area contributed by atoms with Crippen molar-refractivity contribution < 1.29 is 23.5 Å². The molecule has 2 aromatic rings. The number of hydrogen-bond donors (Lipinski definition) is 1. The zero-order chi connectivity index (χ0) is 22.8. The summed E-state index contributed by atoms with van der Waals surface area (Å²) >= 11 is 0. The smallest absolute Gasteiger partial charge is 0.240 e. The summed E-state index contributed by atoms with van der Waals surface area (Å²) in [5, 5.41) is 2.99. The van der Waals surface area contributed by atoms with Crippen molar-refractivity contribution >= 4 is 17.5 Å². The average molecular weight is 453 g/mol. The molecule has 174 valence electrons. The number of para-hydroxylation sites is 1. The highest BCUT2D eigenvalue weighted by molar-refractivity contribution is 6.07. The first kappa shape index (κ1) is 21.9. The number of fused-ring (bicyclic) bond motifs is 3. The van der Waals surface area contributed by atoms with E-state index in [1.165, 1.54) is 12.1 Å². The van der Waals surface area contributed by atoms with Gasteiger partial charge >= 0.3 is 0 Å². The molecule has 2 atom stereocenters. The minimum absolute atomic E-state index is 0.00531. The maximum Gasteiger partial charge on any atom is 0.240 e. The Morgan fingerprint density at radius 3 is 2.70 bits per heavy atom. The number of hydrogen-bond acceptors (Lipinski definition) is 4. The van der Waals surface area contributed by atoms with Gasteiger partial charge in [-0.05, 0) is 67.5 Å². The number of nitrogens with one attached hydrogen (secondary N) is 1. The van der Waals surface area contributed by atoms with E-state index in [9.17, 15) is 14.0 Å². The van der Waals surface area contributed by atoms with Gasteiger partial charge in [-0.25, -0.2) is 4.39 Å². The van der Waals surface area contributed by atoms with E-state index in [1.807, 2.05) is 24.3 Å². The third-order valence-corrected chi connectivity index (χ3v) is 7.18. The van der Waals surface area contributed by atoms with E-state index < -0.39 is 5.41 Å². The standard InChI is InChI=1S/C26H29FN2O4/c27-19-5-7-20(8-6-19)33-17-26-15-22(26)21-3-1-2-4-23(21)29(25(26)31)16-24(30)28-12-9-18-10-13-32-14-11-18/h1-8,18,22H,9-17H2,(H,28,30)/t22-,26+/m0/s1. The first-order valence-electron chi connectivity index (χ1n) is 11.7. The van der Waals surface area contributed by atoms with Gasteiger partial charge in [-0.1, -0.05) is 18.2 Å². The number of anilines is 1. The van der Waals surface area contributed by atoms with Crippen LogP contribution >= 0.6 is 0 Å². The van der Waals surface area contributed by atoms with Crippen LogP contribution in [0.15, 0.2) is 48.5 Å². The number of halogens is 1. The van der Waals surface area contributed by atoms with Crippen LogP contribution in [0.1, 0.15) is 37.2 Å². The molecule has 0 radical (unpaired) electrons. The van der Waals surface area contributed by atoms with Crippen LogP contribution in [0.25, 0.3) is 0 Å². The number of amides is 2. The second-order valence-electron chi connectivity index (χ2n) is 9.30. The minimum Gasteiger partial charge on any atom is -0.492 e. The Hall–Kier alpha value is -2.93. The van der Waals surface area contributed by atoms with Gasteiger partial charge in [0.25, 0.3) is 0 Å². The topological polar surface area (TPSA) is 67.9 Å². The van der Waals surface area contributed by atoms with Crippen LogP contribution in [0.2, 0.25) is 0 Å². The van der Waals surface area contributed by atoms with Crippen LogP contribution in [-0.2, 0) is 14.3 Å². The molecule has 3 aliphatic rings. The van der Waals surface area contributed by atoms with Gasteiger partial charge in [-0.2, -0.15) is 0 Å². The normalized spacial score (nSPS) is 24.1. The van der Waals surface area contributed by atoms with Crippen molar-refractivity contribution in [2.45, 2.75) is 31.6 Å². The lowest BCUT2D eigenvalue weighted by molar-refractivity contribution is -0.128. The SMILES string of the molecule is O=C(CN1C(=O)[C@@]2(COc3ccc(F)cc3)C[C@H]2c2ccccc21)NCCC1CCOCC1. The number of carbonyl (C=O) groups is 2. The van der Waals surface area contributed by atoms with E-state index in [1.54, 1.807) is 17.0 Å². The molecule has 5 rings (SSSR count). The zero-order valence-corrected chi connectivity index (χ0v) is 18.6. The fourth-order valence-electron chi connectivity index (χ4n) is 5.13. The van der Waals surface area contributed by atoms with E-state index in [0.29, 0.717) is 24.6 Å². The highest BCUT2D eigenvalue weighted by atomic mass is 19.1. The fraction of sp³-hybridized carbons (Fsp3) is 0.462. The second kappa shape index (κ2) is 9.14. The van der Waals surface area contributed by atoms with Crippen molar-refractivity contribution in [2.24, 2.45) is 11.3 Å². The average Bonchev–Trinajstić information content (AvgIpc) is 3.59. The fourth-order valence-corrected chi connectivity index (χ4v) is 5.13. The van der Waals surface area contributed by atoms with E-state index >= 15 is 0 Å². The lowest BCUT2D eigenvalue weighted by atomic mass is 9.92. The molecule has 2 aromatic carbocycles. The molecule has 0 aromatic heterocycles. The van der Waals surface area contributed by atoms with Crippen LogP contribution in [-0.4, -0.2) is 44.7 Å². The lowest BCUT2D eigenvalue weighted by Gasteiger charge is -2.33. The molecule has 2 fully saturated rings. The molecule has 2 amide bonds. The molecule has 0 spiro atoms. The predicted molar refractivity (Wildman–Crippen MR) is 122 cm³/mol. The van der Waals surface area contributed by atoms with Crippen LogP contribution in [0, 0.1) is 17.2 Å². The molecular weight excluding hydrogens is 423 g/mol. The van der Waals surface area contributed by atoms with E-state index in [4.69, 9.17) is 9.47 Å². The third-order valence-electron chi connectivity index (χ3n) is 7.18. The Morgan fingerprint density at radius 2 is 1.91 bits per heavy atom. The monoisotopic (exact) mass is 452 g/mol. The summed E-state index contributed by atoms with van der Waals surface area (Å²) in [5.41, 5.74) is 1.21. The van der Waals surface area contributed by atoms with Crippen molar-refractivity contribution in [1.29, 1.82) is 0 Å². The number of rotatable bonds is 8. The van der Waals surface area contributed by atoms with E-state index in [0.717, 1.165) is 43.7 Å². The van der Waals surface area contributed by atoms with Gasteiger partial charge in [0.15, 0.2) is 0 Å². The first-order chi connectivity index (χ1) is 16.1. The van der Waals surface area contributed by atoms with Crippen molar-refractivity contribution in [3.05, 3.63) is 59.9 Å². The summed E-state index contributed by atoms with van der Waals surface area (Å²) in [7, 11) is 0. The summed E-state index contributed by atoms with van der Waals surface area (Å²) in [5.74, 6) is 0.624. The number of benzene rings is 2. The molecule has 6 nitrogen and oxygen atoms in total. The molecule has 1 aliphatic carbocycles.